The van der Waals surface area contributed by atoms with Crippen LogP contribution in [0.1, 0.15) is 0 Å². The number of nitrogens with two attached hydrogens (primary N) is 1. The molecule has 0 fully saturated rings. The van der Waals surface area contributed by atoms with E-state index in [0.717, 1.165) is 0 Å². The van der Waals surface area contributed by atoms with E-state index in [4.69, 9.17) is 17.3 Å². The Morgan fingerprint density at radius 1 is 1.26 bits per heavy atom. The van der Waals surface area contributed by atoms with Gasteiger partial charge in [-0.05, 0) is 30.3 Å². The zero-order valence-corrected chi connectivity index (χ0v) is 11.1. The molecule has 0 radical (unpaired) electrons. The molecule has 0 atom stereocenters. The molecule has 0 bridgehead atoms. The first-order valence-electron chi connectivity index (χ1n) is 5.11. The maximum Gasteiger partial charge on any atom is 0.262 e. The topological polar surface area (TPSA) is 105 Å². The van der Waals surface area contributed by atoms with Crippen molar-refractivity contribution in [3.63, 3.8) is 0 Å². The summed E-state index contributed by atoms with van der Waals surface area (Å²) in [5.74, 6) is -0.174. The molecule has 1 heterocycles. The molecule has 0 unspecified atom stereocenters. The fraction of sp³-hybridized carbons (Fsp3) is 0. The van der Waals surface area contributed by atoms with Crippen LogP contribution in [0.4, 0.5) is 11.4 Å². The molecule has 19 heavy (non-hydrogen) atoms. The highest BCUT2D eigenvalue weighted by Crippen LogP contribution is 2.24. The molecule has 1 aromatic carbocycles. The summed E-state index contributed by atoms with van der Waals surface area (Å²) in [6, 6.07) is 6.57. The maximum atomic E-state index is 12.0. The number of phenols is 1. The van der Waals surface area contributed by atoms with Gasteiger partial charge in [-0.1, -0.05) is 11.6 Å². The number of aromatic nitrogens is 1. The largest absolute Gasteiger partial charge is 0.506 e. The molecule has 2 aromatic rings. The standard InChI is InChI=1S/C11H10ClN3O3S/c12-11-4-1-7(6-14-11)15-19(17,18)8-2-3-10(16)9(13)5-8/h1-6,15-16H,13H2. The van der Waals surface area contributed by atoms with E-state index in [0.29, 0.717) is 0 Å². The third-order valence-electron chi connectivity index (χ3n) is 2.29. The molecule has 0 spiro atoms. The van der Waals surface area contributed by atoms with Gasteiger partial charge in [-0.15, -0.1) is 0 Å². The van der Waals surface area contributed by atoms with Gasteiger partial charge in [0.25, 0.3) is 10.0 Å². The Labute approximate surface area is 114 Å². The third kappa shape index (κ3) is 3.07. The first-order valence-corrected chi connectivity index (χ1v) is 6.97. The second kappa shape index (κ2) is 4.94. The van der Waals surface area contributed by atoms with Gasteiger partial charge in [0.15, 0.2) is 0 Å². The van der Waals surface area contributed by atoms with Crippen LogP contribution in [0.25, 0.3) is 0 Å². The molecule has 0 saturated carbocycles. The van der Waals surface area contributed by atoms with Crippen molar-refractivity contribution in [2.45, 2.75) is 4.90 Å². The van der Waals surface area contributed by atoms with Crippen LogP contribution in [0.3, 0.4) is 0 Å². The number of hydrogen-bond acceptors (Lipinski definition) is 5. The number of anilines is 2. The number of halogens is 1. The van der Waals surface area contributed by atoms with E-state index in [-0.39, 0.29) is 27.2 Å². The van der Waals surface area contributed by atoms with Crippen molar-refractivity contribution in [3.8, 4) is 5.75 Å². The Morgan fingerprint density at radius 2 is 2.00 bits per heavy atom. The van der Waals surface area contributed by atoms with Gasteiger partial charge < -0.3 is 10.8 Å². The van der Waals surface area contributed by atoms with E-state index in [1.165, 1.54) is 36.5 Å². The summed E-state index contributed by atoms with van der Waals surface area (Å²) in [5, 5.41) is 9.53. The first-order chi connectivity index (χ1) is 8.88. The Balaban J connectivity index is 2.32. The molecule has 0 aliphatic carbocycles. The summed E-state index contributed by atoms with van der Waals surface area (Å²) in [6.45, 7) is 0. The van der Waals surface area contributed by atoms with Gasteiger partial charge in [-0.3, -0.25) is 4.72 Å². The van der Waals surface area contributed by atoms with Crippen LogP contribution in [0.5, 0.6) is 5.75 Å². The van der Waals surface area contributed by atoms with E-state index in [1.807, 2.05) is 0 Å². The third-order valence-corrected chi connectivity index (χ3v) is 3.89. The predicted molar refractivity (Wildman–Crippen MR) is 72.6 cm³/mol. The summed E-state index contributed by atoms with van der Waals surface area (Å²) in [7, 11) is -3.79. The quantitative estimate of drug-likeness (QED) is 0.455. The lowest BCUT2D eigenvalue weighted by molar-refractivity contribution is 0.477. The predicted octanol–water partition coefficient (Wildman–Crippen LogP) is 1.82. The Kier molecular flexibility index (Phi) is 3.50. The molecular weight excluding hydrogens is 290 g/mol. The fourth-order valence-corrected chi connectivity index (χ4v) is 2.54. The second-order valence-electron chi connectivity index (χ2n) is 3.70. The average molecular weight is 300 g/mol. The summed E-state index contributed by atoms with van der Waals surface area (Å²) in [6.07, 6.45) is 1.30. The van der Waals surface area contributed by atoms with Crippen molar-refractivity contribution < 1.29 is 13.5 Å². The zero-order chi connectivity index (χ0) is 14.0. The van der Waals surface area contributed by atoms with Gasteiger partial charge >= 0.3 is 0 Å². The van der Waals surface area contributed by atoms with E-state index in [9.17, 15) is 13.5 Å². The molecule has 8 heteroatoms. The zero-order valence-electron chi connectivity index (χ0n) is 9.54. The average Bonchev–Trinajstić information content (AvgIpc) is 2.35. The highest BCUT2D eigenvalue weighted by atomic mass is 35.5. The Morgan fingerprint density at radius 3 is 2.58 bits per heavy atom. The lowest BCUT2D eigenvalue weighted by Gasteiger charge is -2.08. The number of rotatable bonds is 3. The SMILES string of the molecule is Nc1cc(S(=O)(=O)Nc2ccc(Cl)nc2)ccc1O. The van der Waals surface area contributed by atoms with Crippen molar-refractivity contribution >= 4 is 33.0 Å². The fourth-order valence-electron chi connectivity index (χ4n) is 1.35. The van der Waals surface area contributed by atoms with Gasteiger partial charge in [0.05, 0.1) is 22.5 Å². The van der Waals surface area contributed by atoms with E-state index in [2.05, 4.69) is 9.71 Å². The van der Waals surface area contributed by atoms with Crippen molar-refractivity contribution in [2.24, 2.45) is 0 Å². The monoisotopic (exact) mass is 299 g/mol. The molecule has 2 rings (SSSR count). The summed E-state index contributed by atoms with van der Waals surface area (Å²) in [5.41, 5.74) is 5.72. The molecular formula is C11H10ClN3O3S. The van der Waals surface area contributed by atoms with Gasteiger partial charge in [0, 0.05) is 0 Å². The van der Waals surface area contributed by atoms with Gasteiger partial charge in [-0.2, -0.15) is 0 Å². The number of benzene rings is 1. The van der Waals surface area contributed by atoms with Gasteiger partial charge in [0.2, 0.25) is 0 Å². The number of nitrogens with zero attached hydrogens (tertiary/aromatic N) is 1. The number of nitrogen functional groups attached to an aromatic ring is 1. The van der Waals surface area contributed by atoms with Crippen molar-refractivity contribution in [3.05, 3.63) is 41.7 Å². The summed E-state index contributed by atoms with van der Waals surface area (Å²) < 4.78 is 26.4. The highest BCUT2D eigenvalue weighted by Gasteiger charge is 2.15. The van der Waals surface area contributed by atoms with E-state index >= 15 is 0 Å². The van der Waals surface area contributed by atoms with Gasteiger partial charge in [-0.25, -0.2) is 13.4 Å². The number of nitrogens with one attached hydrogen (secondary N) is 1. The Bertz CT molecular complexity index is 702. The minimum Gasteiger partial charge on any atom is -0.506 e. The number of phenolic OH excluding ortho intramolecular Hbond substituents is 1. The molecule has 0 aliphatic rings. The molecule has 1 aromatic heterocycles. The van der Waals surface area contributed by atoms with E-state index in [1.54, 1.807) is 0 Å². The lowest BCUT2D eigenvalue weighted by atomic mass is 10.3. The van der Waals surface area contributed by atoms with Crippen LogP contribution in [0, 0.1) is 0 Å². The molecule has 6 nitrogen and oxygen atoms in total. The second-order valence-corrected chi connectivity index (χ2v) is 5.77. The van der Waals surface area contributed by atoms with Crippen molar-refractivity contribution in [1.82, 2.24) is 4.98 Å². The highest BCUT2D eigenvalue weighted by molar-refractivity contribution is 7.92. The smallest absolute Gasteiger partial charge is 0.262 e. The minimum absolute atomic E-state index is 0.0166. The van der Waals surface area contributed by atoms with Crippen LogP contribution >= 0.6 is 11.6 Å². The molecule has 0 amide bonds. The van der Waals surface area contributed by atoms with Crippen LogP contribution in [0.2, 0.25) is 5.15 Å². The molecule has 0 saturated heterocycles. The molecule has 0 aliphatic heterocycles. The summed E-state index contributed by atoms with van der Waals surface area (Å²) >= 11 is 5.61. The van der Waals surface area contributed by atoms with Crippen LogP contribution in [-0.2, 0) is 10.0 Å². The number of pyridine rings is 1. The number of hydrogen-bond donors (Lipinski definition) is 3. The Hall–Kier alpha value is -1.99. The lowest BCUT2D eigenvalue weighted by Crippen LogP contribution is -2.13. The minimum atomic E-state index is -3.79. The maximum absolute atomic E-state index is 12.0. The molecule has 100 valence electrons. The first kappa shape index (κ1) is 13.4. The van der Waals surface area contributed by atoms with Crippen LogP contribution in [0.15, 0.2) is 41.4 Å². The number of sulfonamides is 1. The normalized spacial score (nSPS) is 11.2. The van der Waals surface area contributed by atoms with Crippen LogP contribution < -0.4 is 10.5 Å². The van der Waals surface area contributed by atoms with Crippen molar-refractivity contribution in [2.75, 3.05) is 10.5 Å². The summed E-state index contributed by atoms with van der Waals surface area (Å²) in [4.78, 5) is 3.70. The number of aromatic hydroxyl groups is 1. The van der Waals surface area contributed by atoms with Crippen LogP contribution in [-0.4, -0.2) is 18.5 Å². The van der Waals surface area contributed by atoms with E-state index < -0.39 is 10.0 Å². The molecule has 4 N–H and O–H groups in total. The van der Waals surface area contributed by atoms with Crippen molar-refractivity contribution in [1.29, 1.82) is 0 Å². The van der Waals surface area contributed by atoms with Gasteiger partial charge in [0.1, 0.15) is 10.9 Å².